The van der Waals surface area contributed by atoms with E-state index >= 15 is 0 Å². The minimum Gasteiger partial charge on any atom is -0.382 e. The number of nitrogens with two attached hydrogens (primary N) is 1. The molecule has 7 heteroatoms. The summed E-state index contributed by atoms with van der Waals surface area (Å²) >= 11 is 0. The van der Waals surface area contributed by atoms with Crippen molar-refractivity contribution in [3.05, 3.63) is 40.8 Å². The average molecular weight is 269 g/mol. The maximum atomic E-state index is 13.8. The molecule has 0 fully saturated rings. The van der Waals surface area contributed by atoms with Gasteiger partial charge in [-0.1, -0.05) is 0 Å². The lowest BCUT2D eigenvalue weighted by Gasteiger charge is -2.15. The van der Waals surface area contributed by atoms with Gasteiger partial charge in [-0.2, -0.15) is 0 Å². The predicted octanol–water partition coefficient (Wildman–Crippen LogP) is 1.94. The summed E-state index contributed by atoms with van der Waals surface area (Å²) in [6, 6.07) is 1.23. The van der Waals surface area contributed by atoms with Crippen molar-refractivity contribution in [3.63, 3.8) is 0 Å². The van der Waals surface area contributed by atoms with Gasteiger partial charge in [-0.3, -0.25) is 0 Å². The molecule has 0 saturated carbocycles. The third-order valence-corrected chi connectivity index (χ3v) is 3.04. The molecular formula is C12H10F3N3O. The molecule has 2 N–H and O–H groups in total. The smallest absolute Gasteiger partial charge is 0.154 e. The minimum atomic E-state index is -1.02. The van der Waals surface area contributed by atoms with Crippen LogP contribution in [0.25, 0.3) is 5.69 Å². The van der Waals surface area contributed by atoms with Gasteiger partial charge in [0, 0.05) is 24.1 Å². The van der Waals surface area contributed by atoms with Gasteiger partial charge in [0.1, 0.15) is 11.5 Å². The van der Waals surface area contributed by atoms with Crippen molar-refractivity contribution in [1.29, 1.82) is 0 Å². The molecule has 3 rings (SSSR count). The van der Waals surface area contributed by atoms with Gasteiger partial charge >= 0.3 is 0 Å². The third-order valence-electron chi connectivity index (χ3n) is 3.04. The number of fused-ring (bicyclic) bond motifs is 1. The Kier molecular flexibility index (Phi) is 2.70. The lowest BCUT2D eigenvalue weighted by Crippen LogP contribution is -2.15. The van der Waals surface area contributed by atoms with Gasteiger partial charge < -0.3 is 10.5 Å². The van der Waals surface area contributed by atoms with E-state index in [0.29, 0.717) is 36.4 Å². The number of nitrogens with zero attached hydrogens (tertiary/aromatic N) is 2. The van der Waals surface area contributed by atoms with Crippen LogP contribution in [0, 0.1) is 17.5 Å². The fourth-order valence-electron chi connectivity index (χ4n) is 2.18. The fraction of sp³-hybridized carbons (Fsp3) is 0.250. The molecule has 4 nitrogen and oxygen atoms in total. The van der Waals surface area contributed by atoms with Crippen molar-refractivity contribution in [1.82, 2.24) is 9.78 Å². The van der Waals surface area contributed by atoms with E-state index in [-0.39, 0.29) is 12.4 Å². The summed E-state index contributed by atoms with van der Waals surface area (Å²) in [6.07, 6.45) is 0.440. The molecule has 0 atom stereocenters. The second-order valence-corrected chi connectivity index (χ2v) is 4.24. The molecule has 2 heterocycles. The third kappa shape index (κ3) is 1.86. The van der Waals surface area contributed by atoms with Crippen LogP contribution >= 0.6 is 0 Å². The van der Waals surface area contributed by atoms with Crippen molar-refractivity contribution in [2.75, 3.05) is 12.3 Å². The van der Waals surface area contributed by atoms with Gasteiger partial charge in [0.15, 0.2) is 17.5 Å². The van der Waals surface area contributed by atoms with Crippen LogP contribution in [0.1, 0.15) is 11.3 Å². The summed E-state index contributed by atoms with van der Waals surface area (Å²) in [5.74, 6) is -2.85. The molecule has 0 unspecified atom stereocenters. The maximum absolute atomic E-state index is 13.8. The first kappa shape index (κ1) is 12.0. The number of aromatic nitrogens is 2. The summed E-state index contributed by atoms with van der Waals surface area (Å²) in [7, 11) is 0. The number of nitrogen functional groups attached to an aromatic ring is 1. The van der Waals surface area contributed by atoms with Gasteiger partial charge in [-0.05, 0) is 0 Å². The van der Waals surface area contributed by atoms with Crippen molar-refractivity contribution in [2.24, 2.45) is 0 Å². The van der Waals surface area contributed by atoms with Crippen LogP contribution in [0.15, 0.2) is 12.1 Å². The summed E-state index contributed by atoms with van der Waals surface area (Å²) in [6.45, 7) is 0.675. The first-order chi connectivity index (χ1) is 9.08. The van der Waals surface area contributed by atoms with Crippen LogP contribution < -0.4 is 5.73 Å². The van der Waals surface area contributed by atoms with Crippen LogP contribution in [-0.4, -0.2) is 16.4 Å². The van der Waals surface area contributed by atoms with Gasteiger partial charge in [0.25, 0.3) is 0 Å². The standard InChI is InChI=1S/C12H10F3N3O/c13-6-3-8(14)11(9(15)4-6)18-10-1-2-19-5-7(10)12(16)17-18/h3-4H,1-2,5H2,(H2,16,17). The summed E-state index contributed by atoms with van der Waals surface area (Å²) in [4.78, 5) is 0. The zero-order valence-electron chi connectivity index (χ0n) is 9.79. The fourth-order valence-corrected chi connectivity index (χ4v) is 2.18. The molecule has 1 aliphatic rings. The topological polar surface area (TPSA) is 53.1 Å². The van der Waals surface area contributed by atoms with Crippen molar-refractivity contribution in [2.45, 2.75) is 13.0 Å². The predicted molar refractivity (Wildman–Crippen MR) is 61.2 cm³/mol. The molecular weight excluding hydrogens is 259 g/mol. The monoisotopic (exact) mass is 269 g/mol. The van der Waals surface area contributed by atoms with Crippen LogP contribution in [0.4, 0.5) is 19.0 Å². The first-order valence-corrected chi connectivity index (χ1v) is 5.67. The lowest BCUT2D eigenvalue weighted by atomic mass is 10.1. The van der Waals surface area contributed by atoms with E-state index in [1.807, 2.05) is 0 Å². The van der Waals surface area contributed by atoms with E-state index in [0.717, 1.165) is 4.68 Å². The van der Waals surface area contributed by atoms with Crippen LogP contribution in [0.5, 0.6) is 0 Å². The quantitative estimate of drug-likeness (QED) is 0.860. The SMILES string of the molecule is Nc1nn(-c2c(F)cc(F)cc2F)c2c1COCC2. The Balaban J connectivity index is 2.23. The molecule has 0 spiro atoms. The molecule has 0 amide bonds. The van der Waals surface area contributed by atoms with E-state index < -0.39 is 23.1 Å². The van der Waals surface area contributed by atoms with Gasteiger partial charge in [0.2, 0.25) is 0 Å². The molecule has 1 aliphatic heterocycles. The average Bonchev–Trinajstić information content (AvgIpc) is 2.67. The normalized spacial score (nSPS) is 14.5. The van der Waals surface area contributed by atoms with E-state index in [2.05, 4.69) is 5.10 Å². The molecule has 0 aliphatic carbocycles. The molecule has 1 aromatic carbocycles. The van der Waals surface area contributed by atoms with Gasteiger partial charge in [0.05, 0.1) is 18.9 Å². The molecule has 2 aromatic rings. The van der Waals surface area contributed by atoms with Crippen LogP contribution in [0.3, 0.4) is 0 Å². The number of rotatable bonds is 1. The Morgan fingerprint density at radius 2 is 1.89 bits per heavy atom. The Labute approximate surface area is 106 Å². The Morgan fingerprint density at radius 1 is 1.21 bits per heavy atom. The highest BCUT2D eigenvalue weighted by Gasteiger charge is 2.24. The van der Waals surface area contributed by atoms with Crippen molar-refractivity contribution >= 4 is 5.82 Å². The highest BCUT2D eigenvalue weighted by atomic mass is 19.1. The van der Waals surface area contributed by atoms with E-state index in [4.69, 9.17) is 10.5 Å². The second kappa shape index (κ2) is 4.27. The van der Waals surface area contributed by atoms with Crippen molar-refractivity contribution in [3.8, 4) is 5.69 Å². The Hall–Kier alpha value is -2.02. The molecule has 100 valence electrons. The lowest BCUT2D eigenvalue weighted by molar-refractivity contribution is 0.110. The summed E-state index contributed by atoms with van der Waals surface area (Å²) < 4.78 is 46.8. The van der Waals surface area contributed by atoms with E-state index in [9.17, 15) is 13.2 Å². The number of halogens is 3. The molecule has 1 aromatic heterocycles. The molecule has 19 heavy (non-hydrogen) atoms. The van der Waals surface area contributed by atoms with E-state index in [1.54, 1.807) is 0 Å². The number of anilines is 1. The molecule has 0 saturated heterocycles. The number of hydrogen-bond acceptors (Lipinski definition) is 3. The highest BCUT2D eigenvalue weighted by Crippen LogP contribution is 2.28. The minimum absolute atomic E-state index is 0.165. The van der Waals surface area contributed by atoms with Crippen LogP contribution in [0.2, 0.25) is 0 Å². The molecule has 0 radical (unpaired) electrons. The summed E-state index contributed by atoms with van der Waals surface area (Å²) in [5.41, 5.74) is 6.49. The molecule has 0 bridgehead atoms. The Morgan fingerprint density at radius 3 is 2.58 bits per heavy atom. The zero-order valence-corrected chi connectivity index (χ0v) is 9.79. The number of hydrogen-bond donors (Lipinski definition) is 1. The maximum Gasteiger partial charge on any atom is 0.154 e. The number of ether oxygens (including phenoxy) is 1. The summed E-state index contributed by atoms with van der Waals surface area (Å²) in [5, 5.41) is 3.93. The largest absolute Gasteiger partial charge is 0.382 e. The zero-order chi connectivity index (χ0) is 13.6. The van der Waals surface area contributed by atoms with Gasteiger partial charge in [-0.15, -0.1) is 5.10 Å². The second-order valence-electron chi connectivity index (χ2n) is 4.24. The van der Waals surface area contributed by atoms with E-state index in [1.165, 1.54) is 0 Å². The highest BCUT2D eigenvalue weighted by molar-refractivity contribution is 5.48. The first-order valence-electron chi connectivity index (χ1n) is 5.67. The van der Waals surface area contributed by atoms with Crippen molar-refractivity contribution < 1.29 is 17.9 Å². The number of benzene rings is 1. The van der Waals surface area contributed by atoms with Crippen LogP contribution in [-0.2, 0) is 17.8 Å². The van der Waals surface area contributed by atoms with Gasteiger partial charge in [-0.25, -0.2) is 17.9 Å². The Bertz CT molecular complexity index is 631.